The minimum atomic E-state index is -4.92. The van der Waals surface area contributed by atoms with Gasteiger partial charge in [-0.15, -0.1) is 36.9 Å². The molecule has 0 saturated heterocycles. The minimum Gasteiger partial charge on any atom is -0.748 e. The molecule has 2 aromatic heterocycles. The van der Waals surface area contributed by atoms with Gasteiger partial charge in [-0.05, 0) is 36.2 Å². The number of rotatable bonds is 19. The Kier molecular flexibility index (Phi) is 33.1. The number of aryl methyl sites for hydroxylation is 2. The molecule has 0 radical (unpaired) electrons. The fraction of sp³-hybridized carbons (Fsp3) is 0.267. The van der Waals surface area contributed by atoms with Crippen LogP contribution in [0.5, 0.6) is 0 Å². The molecule has 28 heteroatoms. The molecular weight excluding hydrogens is 879 g/mol. The molecule has 280 valence electrons. The van der Waals surface area contributed by atoms with Crippen molar-refractivity contribution in [1.29, 1.82) is 0 Å². The van der Waals surface area contributed by atoms with Crippen LogP contribution in [0.1, 0.15) is 35.6 Å². The van der Waals surface area contributed by atoms with Crippen LogP contribution in [-0.2, 0) is 43.2 Å². The number of hydrogen-bond donors (Lipinski definition) is 4. The van der Waals surface area contributed by atoms with Gasteiger partial charge < -0.3 is 48.8 Å². The third-order valence-corrected chi connectivity index (χ3v) is 8.94. The second-order valence-electron chi connectivity index (χ2n) is 10.7. The van der Waals surface area contributed by atoms with Gasteiger partial charge in [0.25, 0.3) is 0 Å². The molecule has 4 N–H and O–H groups in total. The molecule has 0 aliphatic carbocycles. The second-order valence-corrected chi connectivity index (χ2v) is 15.1. The van der Waals surface area contributed by atoms with Gasteiger partial charge in [-0.25, -0.2) is 25.3 Å². The first-order chi connectivity index (χ1) is 24.5. The van der Waals surface area contributed by atoms with Crippen molar-refractivity contribution in [2.45, 2.75) is 30.6 Å². The molecule has 2 aromatic carbocycles. The van der Waals surface area contributed by atoms with Crippen molar-refractivity contribution in [1.82, 2.24) is 29.9 Å². The number of benzene rings is 2. The summed E-state index contributed by atoms with van der Waals surface area (Å²) in [7, 11) is -13.9. The normalized spacial score (nSPS) is 10.9. The van der Waals surface area contributed by atoms with Crippen molar-refractivity contribution in [3.05, 3.63) is 79.1 Å². The summed E-state index contributed by atoms with van der Waals surface area (Å²) >= 11 is 0. The Morgan fingerprint density at radius 2 is 1.17 bits per heavy atom. The Labute approximate surface area is 471 Å². The first kappa shape index (κ1) is 63.4. The Morgan fingerprint density at radius 1 is 0.638 bits per heavy atom. The maximum Gasteiger partial charge on any atom is 1.00 e. The average molecular weight is 911 g/mol. The van der Waals surface area contributed by atoms with Crippen molar-refractivity contribution in [3.63, 3.8) is 0 Å². The zero-order chi connectivity index (χ0) is 37.9. The SMILES string of the molecule is [CH2-]CCc1nc(NC[CH2-])nc(Nc2ccc(/C=C/c3[c-]cc(Nc4nc(CCCS(=O)(=O)[O-])nc(NCCS(=O)(=O)[O-])n4)cc3)c(S(=O)(=O)[O-])c2)n1.[Na+].[Na+].[Na+].[Na+].[Na+].[Na+]. The van der Waals surface area contributed by atoms with E-state index in [-0.39, 0.29) is 238 Å². The van der Waals surface area contributed by atoms with Crippen LogP contribution in [0.4, 0.5) is 35.2 Å². The minimum absolute atomic E-state index is 0. The summed E-state index contributed by atoms with van der Waals surface area (Å²) in [5, 5.41) is 11.3. The van der Waals surface area contributed by atoms with Gasteiger partial charge in [-0.1, -0.05) is 12.1 Å². The zero-order valence-corrected chi connectivity index (χ0v) is 47.7. The largest absolute Gasteiger partial charge is 1.00 e. The quantitative estimate of drug-likeness (QED) is 0.0294. The Balaban J connectivity index is -0.00000504. The summed E-state index contributed by atoms with van der Waals surface area (Å²) in [6.45, 7) is 7.50. The average Bonchev–Trinajstić information content (AvgIpc) is 3.03. The number of hydrogen-bond acceptors (Lipinski definition) is 19. The fourth-order valence-corrected chi connectivity index (χ4v) is 5.87. The number of nitrogens with zero attached hydrogens (tertiary/aromatic N) is 6. The third kappa shape index (κ3) is 23.7. The summed E-state index contributed by atoms with van der Waals surface area (Å²) in [5.41, 5.74) is 1.27. The van der Waals surface area contributed by atoms with E-state index in [1.807, 2.05) is 0 Å². The van der Waals surface area contributed by atoms with Crippen LogP contribution < -0.4 is 199 Å². The van der Waals surface area contributed by atoms with Gasteiger partial charge in [0.15, 0.2) is 0 Å². The monoisotopic (exact) mass is 910 g/mol. The maximum atomic E-state index is 12.2. The number of nitrogens with one attached hydrogen (secondary N) is 4. The van der Waals surface area contributed by atoms with E-state index < -0.39 is 46.8 Å². The summed E-state index contributed by atoms with van der Waals surface area (Å²) in [5.74, 6) is -0.584. The van der Waals surface area contributed by atoms with Crippen LogP contribution in [0.15, 0.2) is 41.3 Å². The smallest absolute Gasteiger partial charge is 0.748 e. The molecule has 58 heavy (non-hydrogen) atoms. The van der Waals surface area contributed by atoms with E-state index in [0.29, 0.717) is 36.5 Å². The second kappa shape index (κ2) is 30.3. The molecule has 0 amide bonds. The van der Waals surface area contributed by atoms with Crippen LogP contribution in [0, 0.1) is 19.9 Å². The topological polar surface area (TPSA) is 297 Å². The molecule has 0 saturated carbocycles. The molecule has 4 aromatic rings. The molecule has 0 unspecified atom stereocenters. The Bertz CT molecular complexity index is 2170. The molecule has 0 atom stereocenters. The molecule has 4 rings (SSSR count). The van der Waals surface area contributed by atoms with E-state index in [1.165, 1.54) is 30.4 Å². The third-order valence-electron chi connectivity index (χ3n) is 6.55. The van der Waals surface area contributed by atoms with E-state index in [9.17, 15) is 38.9 Å². The van der Waals surface area contributed by atoms with E-state index >= 15 is 0 Å². The number of anilines is 6. The fourth-order valence-electron chi connectivity index (χ4n) is 4.32. The van der Waals surface area contributed by atoms with Crippen LogP contribution in [0.2, 0.25) is 0 Å². The van der Waals surface area contributed by atoms with Gasteiger partial charge in [0.2, 0.25) is 23.8 Å². The van der Waals surface area contributed by atoms with E-state index in [1.54, 1.807) is 18.2 Å². The number of aromatic nitrogens is 6. The van der Waals surface area contributed by atoms with E-state index in [0.717, 1.165) is 0 Å². The maximum absolute atomic E-state index is 12.2. The van der Waals surface area contributed by atoms with Gasteiger partial charge in [0, 0.05) is 24.4 Å². The summed E-state index contributed by atoms with van der Waals surface area (Å²) in [6, 6.07) is 11.9. The first-order valence-electron chi connectivity index (χ1n) is 15.3. The van der Waals surface area contributed by atoms with Gasteiger partial charge in [-0.3, -0.25) is 0 Å². The van der Waals surface area contributed by atoms with Crippen LogP contribution in [0.3, 0.4) is 0 Å². The van der Waals surface area contributed by atoms with Gasteiger partial charge >= 0.3 is 177 Å². The van der Waals surface area contributed by atoms with Gasteiger partial charge in [-0.2, -0.15) is 41.9 Å². The molecule has 0 spiro atoms. The molecule has 0 bridgehead atoms. The first-order valence-corrected chi connectivity index (χ1v) is 19.8. The van der Waals surface area contributed by atoms with Crippen molar-refractivity contribution in [2.75, 3.05) is 45.9 Å². The van der Waals surface area contributed by atoms with E-state index in [4.69, 9.17) is 0 Å². The van der Waals surface area contributed by atoms with Crippen LogP contribution >= 0.6 is 0 Å². The van der Waals surface area contributed by atoms with Gasteiger partial charge in [0.1, 0.15) is 21.8 Å². The van der Waals surface area contributed by atoms with Crippen LogP contribution in [-0.4, -0.2) is 93.4 Å². The summed E-state index contributed by atoms with van der Waals surface area (Å²) in [6.07, 6.45) is 3.86. The molecule has 0 aliphatic rings. The predicted octanol–water partition coefficient (Wildman–Crippen LogP) is -16.1. The molecular formula is C30H32N10Na6O9S3. The molecule has 19 nitrogen and oxygen atoms in total. The van der Waals surface area contributed by atoms with Crippen LogP contribution in [0.25, 0.3) is 12.2 Å². The Morgan fingerprint density at radius 3 is 1.69 bits per heavy atom. The van der Waals surface area contributed by atoms with E-state index in [2.05, 4.69) is 71.1 Å². The van der Waals surface area contributed by atoms with Crippen molar-refractivity contribution < 1.29 is 216 Å². The predicted molar refractivity (Wildman–Crippen MR) is 188 cm³/mol. The summed E-state index contributed by atoms with van der Waals surface area (Å²) in [4.78, 5) is 24.8. The molecule has 0 aliphatic heterocycles. The van der Waals surface area contributed by atoms with Crippen molar-refractivity contribution >= 4 is 77.7 Å². The van der Waals surface area contributed by atoms with Gasteiger partial charge in [0.05, 0.1) is 30.9 Å². The molecule has 0 fully saturated rings. The van der Waals surface area contributed by atoms with Crippen molar-refractivity contribution in [3.8, 4) is 0 Å². The standard InChI is InChI=1S/C30H35N10O9S3.6Na/c1-3-6-25-35-27(31-4-2)39-30(37-25)34-23-15-12-21(24(19-23)52(47,48)49)11-8-20-9-13-22(14-10-20)33-29-38-26(7-5-17-50(41,42)43)36-28(40-29)32-16-18-51(44,45)46;;;;;;/h8-9,11-15,19H,1-7,16-18H2,(H,41,42,43)(H,44,45,46)(H,47,48,49)(H2,31,34,35,37,39)(H2,32,33,36,38,40);;;;;;/q-3;6*+1/p-3/b11-8+;;;;;;. The van der Waals surface area contributed by atoms with Crippen molar-refractivity contribution in [2.24, 2.45) is 0 Å². The zero-order valence-electron chi connectivity index (χ0n) is 33.3. The Hall–Kier alpha value is 1.13. The molecule has 2 heterocycles. The summed E-state index contributed by atoms with van der Waals surface area (Å²) < 4.78 is 103.